The number of rotatable bonds is 19. The van der Waals surface area contributed by atoms with Gasteiger partial charge in [-0.3, -0.25) is 49.9 Å². The van der Waals surface area contributed by atoms with Crippen molar-refractivity contribution in [1.29, 1.82) is 0 Å². The van der Waals surface area contributed by atoms with Crippen LogP contribution in [0.25, 0.3) is 85.6 Å². The molecule has 0 radical (unpaired) electrons. The summed E-state index contributed by atoms with van der Waals surface area (Å²) >= 11 is 0. The van der Waals surface area contributed by atoms with Gasteiger partial charge in [-0.25, -0.2) is 27.5 Å². The van der Waals surface area contributed by atoms with E-state index in [-0.39, 0.29) is 125 Å². The minimum Gasteiger partial charge on any atom is -0.657 e. The van der Waals surface area contributed by atoms with Gasteiger partial charge in [0, 0.05) is 157 Å². The zero-order valence-electron chi connectivity index (χ0n) is 75.5. The van der Waals surface area contributed by atoms with Gasteiger partial charge in [0.1, 0.15) is 23.0 Å². The van der Waals surface area contributed by atoms with E-state index in [0.29, 0.717) is 24.2 Å². The maximum Gasteiger partial charge on any atom is 2.00 e. The molecule has 16 nitrogen and oxygen atoms in total. The summed E-state index contributed by atoms with van der Waals surface area (Å²) in [4.78, 5) is 65.3. The van der Waals surface area contributed by atoms with E-state index in [9.17, 15) is 17.6 Å². The van der Waals surface area contributed by atoms with Crippen molar-refractivity contribution in [2.45, 2.75) is 119 Å². The molecule has 2 unspecified atom stereocenters. The van der Waals surface area contributed by atoms with Gasteiger partial charge in [-0.15, -0.1) is 69.3 Å². The number of hydrogen-bond donors (Lipinski definition) is 0. The summed E-state index contributed by atoms with van der Waals surface area (Å²) < 4.78 is 58.4. The number of aromatic nitrogens is 13. The molecule has 2 atom stereocenters. The molecule has 0 fully saturated rings. The van der Waals surface area contributed by atoms with Gasteiger partial charge in [0.25, 0.3) is 0 Å². The van der Waals surface area contributed by atoms with Crippen LogP contribution in [-0.2, 0) is 143 Å². The van der Waals surface area contributed by atoms with Gasteiger partial charge < -0.3 is 19.1 Å². The van der Waals surface area contributed by atoms with Crippen LogP contribution in [0.3, 0.4) is 0 Å². The fourth-order valence-corrected chi connectivity index (χ4v) is 17.2. The number of aliphatic imine (C=N–C) groups is 3. The van der Waals surface area contributed by atoms with Crippen molar-refractivity contribution in [2.24, 2.45) is 29.1 Å². The van der Waals surface area contributed by atoms with Crippen molar-refractivity contribution in [2.75, 3.05) is 0 Å². The molecule has 134 heavy (non-hydrogen) atoms. The molecule has 13 aromatic heterocycles. The smallest absolute Gasteiger partial charge is 0.657 e. The van der Waals surface area contributed by atoms with Crippen molar-refractivity contribution >= 4 is 68.5 Å². The van der Waals surface area contributed by atoms with Crippen LogP contribution >= 0.6 is 0 Å². The van der Waals surface area contributed by atoms with Crippen LogP contribution < -0.4 is 20.7 Å². The largest absolute Gasteiger partial charge is 2.00 e. The number of benzene rings is 4. The molecule has 0 saturated carbocycles. The van der Waals surface area contributed by atoms with Crippen molar-refractivity contribution in [3.63, 3.8) is 0 Å². The number of nitrogens with zero attached hydrogens (tertiary/aromatic N) is 16. The molecular weight excluding hydrogens is 2400 g/mol. The summed E-state index contributed by atoms with van der Waals surface area (Å²) in [6.45, 7) is 19.6. The van der Waals surface area contributed by atoms with Crippen molar-refractivity contribution < 1.29 is 102 Å². The van der Waals surface area contributed by atoms with Crippen LogP contribution in [0.4, 0.5) is 28.9 Å². The molecule has 17 aromatic rings. The van der Waals surface area contributed by atoms with E-state index in [2.05, 4.69) is 274 Å². The maximum atomic E-state index is 14.0. The predicted molar refractivity (Wildman–Crippen MR) is 511 cm³/mol. The molecule has 20 rings (SSSR count). The normalized spacial score (nSPS) is 14.0. The number of para-hydroxylation sites is 4. The van der Waals surface area contributed by atoms with Gasteiger partial charge in [0.05, 0.1) is 69.4 Å². The summed E-state index contributed by atoms with van der Waals surface area (Å²) in [6, 6.07) is 82.3. The molecule has 0 aliphatic carbocycles. The van der Waals surface area contributed by atoms with Crippen LogP contribution in [0.15, 0.2) is 287 Å². The quantitative estimate of drug-likeness (QED) is 0.0553. The fourth-order valence-electron chi connectivity index (χ4n) is 17.2. The molecule has 0 spiro atoms. The Bertz CT molecular complexity index is 7150. The minimum absolute atomic E-state index is 0. The van der Waals surface area contributed by atoms with E-state index in [1.165, 1.54) is 44.5 Å². The molecule has 24 heteroatoms. The molecule has 16 heterocycles. The van der Waals surface area contributed by atoms with Crippen LogP contribution in [0.2, 0.25) is 0 Å². The van der Waals surface area contributed by atoms with Crippen molar-refractivity contribution in [1.82, 2.24) is 64.0 Å². The fraction of sp³-hybridized carbons (Fsp3) is 0.182. The first-order valence-corrected chi connectivity index (χ1v) is 43.9. The Morgan fingerprint density at radius 1 is 0.381 bits per heavy atom. The molecule has 3 aliphatic heterocycles. The second kappa shape index (κ2) is 44.6. The third-order valence-electron chi connectivity index (χ3n) is 24.0. The van der Waals surface area contributed by atoms with E-state index in [1.54, 1.807) is 36.4 Å². The molecule has 682 valence electrons. The van der Waals surface area contributed by atoms with E-state index in [1.807, 2.05) is 60.8 Å². The predicted octanol–water partition coefficient (Wildman–Crippen LogP) is 22.3. The second-order valence-electron chi connectivity index (χ2n) is 32.4. The standard InChI is InChI=1S/C31H36N4.C29H24N4.C29H22N4.C21H12F4N4.4Pt/c1-8-23-24(9-2)30(34-28(23)16-22-14-12-13-15-32-22)18-31-26(11-4)25(10-3)29(35-31)17-27-20(6)19(5)21(7)33-27;1-18-22-11-3-5-13-24(22)32-28(18)26-15-7-9-20(30-26)17-21-10-8-16-27(31-21)29-19(2)23-12-4-6-14-25(23)33-29;1-32-26-15-5-3-9-20(26)17-28(32)24-13-7-11-22(30-24)19-23-12-8-14-25(31-23)29-18-21-10-4-6-16-27(21)33(29)2;22-12-7-16(24)20(26-10-12)18-5-1-3-14(28-18)9-15-4-2-6-19(29-15)21-17(25)8-13(23)11-27-21;;;;/h12-18H,8-11H2,1-7H3;3-16,18-19H,17H2,1-2H3;3-16H,19H2,1-2H3;1-8,10-11H,9H2;;;;/q-2;;-2;;;;2*+2. The summed E-state index contributed by atoms with van der Waals surface area (Å²) in [7, 11) is 4.13. The van der Waals surface area contributed by atoms with Gasteiger partial charge in [0.15, 0.2) is 11.6 Å². The maximum absolute atomic E-state index is 14.0. The molecule has 0 bridgehead atoms. The average Bonchev–Trinajstić information content (AvgIpc) is 1.64. The molecule has 3 aliphatic rings. The van der Waals surface area contributed by atoms with E-state index >= 15 is 0 Å². The average molecular weight is 2500 g/mol. The minimum atomic E-state index is -0.812. The Kier molecular flexibility index (Phi) is 33.0. The number of fused-ring (bicyclic) bond motifs is 4. The summed E-state index contributed by atoms with van der Waals surface area (Å²) in [5.74, 6) is -2.68. The van der Waals surface area contributed by atoms with Crippen LogP contribution in [-0.4, -0.2) is 71.1 Å². The zero-order chi connectivity index (χ0) is 90.2. The first kappa shape index (κ1) is 99.1. The molecule has 0 N–H and O–H groups in total. The first-order valence-electron chi connectivity index (χ1n) is 43.9. The van der Waals surface area contributed by atoms with E-state index in [0.717, 1.165) is 191 Å². The summed E-state index contributed by atoms with van der Waals surface area (Å²) in [5, 5.41) is 4.25. The Labute approximate surface area is 835 Å². The van der Waals surface area contributed by atoms with Gasteiger partial charge in [-0.1, -0.05) is 197 Å². The van der Waals surface area contributed by atoms with Crippen LogP contribution in [0.1, 0.15) is 170 Å². The van der Waals surface area contributed by atoms with Crippen molar-refractivity contribution in [3.8, 4) is 45.6 Å². The van der Waals surface area contributed by atoms with E-state index < -0.39 is 23.3 Å². The topological polar surface area (TPSA) is 191 Å². The van der Waals surface area contributed by atoms with Gasteiger partial charge in [0.2, 0.25) is 0 Å². The first-order chi connectivity index (χ1) is 63.2. The van der Waals surface area contributed by atoms with Crippen LogP contribution in [0.5, 0.6) is 0 Å². The molecule has 0 saturated heterocycles. The summed E-state index contributed by atoms with van der Waals surface area (Å²) in [5.41, 5.74) is 33.0. The second-order valence-corrected chi connectivity index (χ2v) is 32.4. The third-order valence-corrected chi connectivity index (χ3v) is 24.0. The van der Waals surface area contributed by atoms with Crippen LogP contribution in [0, 0.1) is 35.4 Å². The molecular formula is C110H94F4N16Pt4. The third kappa shape index (κ3) is 21.8. The van der Waals surface area contributed by atoms with Gasteiger partial charge in [-0.2, -0.15) is 0 Å². The Morgan fingerprint density at radius 2 is 0.754 bits per heavy atom. The van der Waals surface area contributed by atoms with Crippen molar-refractivity contribution in [3.05, 3.63) is 414 Å². The number of hydrogen-bond acceptors (Lipinski definition) is 12. The Morgan fingerprint density at radius 3 is 1.14 bits per heavy atom. The summed E-state index contributed by atoms with van der Waals surface area (Å²) in [6.07, 6.45) is 15.5. The number of allylic oxidation sites excluding steroid dienone is 2. The Balaban J connectivity index is 0.000000150. The Hall–Kier alpha value is -12.4. The number of pyridine rings is 9. The zero-order valence-corrected chi connectivity index (χ0v) is 84.6. The molecule has 0 amide bonds. The number of aryl methyl sites for hydroxylation is 2. The van der Waals surface area contributed by atoms with E-state index in [4.69, 9.17) is 44.9 Å². The monoisotopic (exact) mass is 2490 g/mol. The SMILES string of the molecule is CC1C(c2cccc(Cc3cccc(C4=Nc5ccccc5C4C)n3)n2)=Nc2ccccc21.CCc1c(C=C2N=C(C)C(C)=C2C)[n-]c(C=c2[n-]c(=Cc3ccccn3)c(CC)c2CC)c1CC.Cn1c(-c2cccc(Cc3cccc(-c4[c-]c5ccccc5n4C)n3)n2)[c-]c2ccccc21.Fc1cnc(-c2cccc(Cc3cccc(-c4ncc(F)cc4F)n3)n2)c(F)c1.[Pt+2].[Pt+2].[Pt].[Pt]. The van der Waals surface area contributed by atoms with Gasteiger partial charge >= 0.3 is 42.1 Å². The van der Waals surface area contributed by atoms with Gasteiger partial charge in [-0.05, 0) is 176 Å². The number of halogens is 4. The molecule has 4 aromatic carbocycles.